The van der Waals surface area contributed by atoms with E-state index in [4.69, 9.17) is 4.42 Å². The van der Waals surface area contributed by atoms with Gasteiger partial charge in [0.2, 0.25) is 5.91 Å². The van der Waals surface area contributed by atoms with Crippen LogP contribution in [0.5, 0.6) is 0 Å². The van der Waals surface area contributed by atoms with Crippen LogP contribution in [0.1, 0.15) is 19.6 Å². The van der Waals surface area contributed by atoms with E-state index < -0.39 is 9.84 Å². The SMILES string of the molecule is CC(=O)N1c2ccc(-c3ccc(S(C)(=O)=O)cc3)cc2N(C(=O)NCc2ccco2)C[C@@H]1C. The zero-order valence-electron chi connectivity index (χ0n) is 18.6. The fourth-order valence-electron chi connectivity index (χ4n) is 4.04. The van der Waals surface area contributed by atoms with Crippen LogP contribution in [0.25, 0.3) is 11.1 Å². The maximum absolute atomic E-state index is 13.1. The molecule has 33 heavy (non-hydrogen) atoms. The summed E-state index contributed by atoms with van der Waals surface area (Å²) >= 11 is 0. The van der Waals surface area contributed by atoms with Gasteiger partial charge in [0.1, 0.15) is 5.76 Å². The van der Waals surface area contributed by atoms with E-state index in [0.29, 0.717) is 23.7 Å². The van der Waals surface area contributed by atoms with Crippen molar-refractivity contribution in [1.82, 2.24) is 5.32 Å². The van der Waals surface area contributed by atoms with Gasteiger partial charge in [0, 0.05) is 19.7 Å². The van der Waals surface area contributed by atoms with Crippen molar-refractivity contribution in [2.24, 2.45) is 0 Å². The summed E-state index contributed by atoms with van der Waals surface area (Å²) in [4.78, 5) is 29.0. The zero-order valence-corrected chi connectivity index (χ0v) is 19.4. The van der Waals surface area contributed by atoms with Crippen LogP contribution in [0.3, 0.4) is 0 Å². The van der Waals surface area contributed by atoms with Gasteiger partial charge in [-0.05, 0) is 54.4 Å². The van der Waals surface area contributed by atoms with Gasteiger partial charge in [-0.15, -0.1) is 0 Å². The molecule has 2 heterocycles. The smallest absolute Gasteiger partial charge is 0.322 e. The zero-order chi connectivity index (χ0) is 23.8. The molecular formula is C24H25N3O5S. The highest BCUT2D eigenvalue weighted by atomic mass is 32.2. The molecule has 0 radical (unpaired) electrons. The van der Waals surface area contributed by atoms with E-state index in [2.05, 4.69) is 5.32 Å². The number of carbonyl (C=O) groups excluding carboxylic acids is 2. The Morgan fingerprint density at radius 1 is 1.06 bits per heavy atom. The van der Waals surface area contributed by atoms with Crippen molar-refractivity contribution in [3.8, 4) is 11.1 Å². The van der Waals surface area contributed by atoms with Crippen molar-refractivity contribution >= 4 is 33.2 Å². The van der Waals surface area contributed by atoms with E-state index in [1.54, 1.807) is 52.5 Å². The number of fused-ring (bicyclic) bond motifs is 1. The number of urea groups is 1. The molecule has 0 spiro atoms. The maximum Gasteiger partial charge on any atom is 0.322 e. The van der Waals surface area contributed by atoms with Gasteiger partial charge in [-0.25, -0.2) is 13.2 Å². The second-order valence-electron chi connectivity index (χ2n) is 8.09. The monoisotopic (exact) mass is 467 g/mol. The first-order valence-corrected chi connectivity index (χ1v) is 12.4. The summed E-state index contributed by atoms with van der Waals surface area (Å²) in [5, 5.41) is 2.87. The molecule has 0 saturated carbocycles. The summed E-state index contributed by atoms with van der Waals surface area (Å²) in [5.41, 5.74) is 2.85. The normalized spacial score (nSPS) is 15.8. The Hall–Kier alpha value is -3.59. The summed E-state index contributed by atoms with van der Waals surface area (Å²) in [5.74, 6) is 0.531. The van der Waals surface area contributed by atoms with Crippen LogP contribution < -0.4 is 15.1 Å². The minimum absolute atomic E-state index is 0.107. The Labute approximate surface area is 192 Å². The number of amides is 3. The number of rotatable bonds is 4. The quantitative estimate of drug-likeness (QED) is 0.629. The molecule has 1 aliphatic rings. The van der Waals surface area contributed by atoms with Crippen LogP contribution in [0.15, 0.2) is 70.2 Å². The molecule has 0 bridgehead atoms. The van der Waals surface area contributed by atoms with Crippen molar-refractivity contribution in [2.75, 3.05) is 22.6 Å². The van der Waals surface area contributed by atoms with Gasteiger partial charge < -0.3 is 14.6 Å². The van der Waals surface area contributed by atoms with Crippen LogP contribution in [-0.2, 0) is 21.2 Å². The molecule has 0 saturated heterocycles. The third-order valence-electron chi connectivity index (χ3n) is 5.61. The molecule has 1 aromatic heterocycles. The van der Waals surface area contributed by atoms with Gasteiger partial charge >= 0.3 is 6.03 Å². The molecule has 8 nitrogen and oxygen atoms in total. The molecule has 1 aliphatic heterocycles. The lowest BCUT2D eigenvalue weighted by molar-refractivity contribution is -0.117. The topological polar surface area (TPSA) is 99.9 Å². The summed E-state index contributed by atoms with van der Waals surface area (Å²) in [6, 6.07) is 15.1. The Bertz CT molecular complexity index is 1280. The van der Waals surface area contributed by atoms with Crippen LogP contribution in [0, 0.1) is 0 Å². The van der Waals surface area contributed by atoms with E-state index >= 15 is 0 Å². The number of sulfone groups is 1. The number of furan rings is 1. The number of hydrogen-bond donors (Lipinski definition) is 1. The molecule has 0 unspecified atom stereocenters. The number of nitrogens with one attached hydrogen (secondary N) is 1. The molecule has 0 fully saturated rings. The molecule has 1 atom stereocenters. The second-order valence-corrected chi connectivity index (χ2v) is 10.1. The maximum atomic E-state index is 13.1. The lowest BCUT2D eigenvalue weighted by atomic mass is 10.0. The Morgan fingerprint density at radius 2 is 1.76 bits per heavy atom. The molecule has 9 heteroatoms. The van der Waals surface area contributed by atoms with Crippen molar-refractivity contribution < 1.29 is 22.4 Å². The van der Waals surface area contributed by atoms with Crippen molar-refractivity contribution in [2.45, 2.75) is 31.3 Å². The third kappa shape index (κ3) is 4.63. The summed E-state index contributed by atoms with van der Waals surface area (Å²) in [6.45, 7) is 3.97. The lowest BCUT2D eigenvalue weighted by Gasteiger charge is -2.40. The molecule has 172 valence electrons. The average Bonchev–Trinajstić information content (AvgIpc) is 3.29. The minimum atomic E-state index is -3.30. The van der Waals surface area contributed by atoms with E-state index in [1.807, 2.05) is 25.1 Å². The number of hydrogen-bond acceptors (Lipinski definition) is 5. The minimum Gasteiger partial charge on any atom is -0.467 e. The van der Waals surface area contributed by atoms with Gasteiger partial charge in [0.05, 0.1) is 35.1 Å². The Morgan fingerprint density at radius 3 is 2.36 bits per heavy atom. The highest BCUT2D eigenvalue weighted by molar-refractivity contribution is 7.90. The Balaban J connectivity index is 1.70. The van der Waals surface area contributed by atoms with Crippen LogP contribution in [-0.4, -0.2) is 39.2 Å². The van der Waals surface area contributed by atoms with Crippen molar-refractivity contribution in [1.29, 1.82) is 0 Å². The molecule has 4 rings (SSSR count). The van der Waals surface area contributed by atoms with E-state index in [-0.39, 0.29) is 29.4 Å². The van der Waals surface area contributed by atoms with E-state index in [0.717, 1.165) is 17.4 Å². The number of benzene rings is 2. The molecule has 1 N–H and O–H groups in total. The molecule has 2 aromatic carbocycles. The number of anilines is 2. The van der Waals surface area contributed by atoms with Gasteiger partial charge in [0.25, 0.3) is 0 Å². The average molecular weight is 468 g/mol. The van der Waals surface area contributed by atoms with Gasteiger partial charge in [-0.2, -0.15) is 0 Å². The largest absolute Gasteiger partial charge is 0.467 e. The number of carbonyl (C=O) groups is 2. The van der Waals surface area contributed by atoms with E-state index in [9.17, 15) is 18.0 Å². The Kier molecular flexibility index (Phi) is 5.99. The number of nitrogens with zero attached hydrogens (tertiary/aromatic N) is 2. The molecule has 0 aliphatic carbocycles. The molecular weight excluding hydrogens is 442 g/mol. The predicted octanol–water partition coefficient (Wildman–Crippen LogP) is 3.82. The highest BCUT2D eigenvalue weighted by Gasteiger charge is 2.33. The van der Waals surface area contributed by atoms with Crippen LogP contribution in [0.4, 0.5) is 16.2 Å². The van der Waals surface area contributed by atoms with Crippen LogP contribution >= 0.6 is 0 Å². The van der Waals surface area contributed by atoms with Gasteiger partial charge in [-0.3, -0.25) is 9.69 Å². The molecule has 3 aromatic rings. The first-order valence-electron chi connectivity index (χ1n) is 10.5. The highest BCUT2D eigenvalue weighted by Crippen LogP contribution is 2.39. The van der Waals surface area contributed by atoms with Crippen molar-refractivity contribution in [3.05, 3.63) is 66.6 Å². The van der Waals surface area contributed by atoms with E-state index in [1.165, 1.54) is 6.92 Å². The van der Waals surface area contributed by atoms with Crippen LogP contribution in [0.2, 0.25) is 0 Å². The standard InChI is InChI=1S/C24H25N3O5S/c1-16-15-26(24(29)25-14-20-5-4-12-32-20)23-13-19(8-11-22(23)27(16)17(2)28)18-6-9-21(10-7-18)33(3,30)31/h4-13,16H,14-15H2,1-3H3,(H,25,29)/t16-/m0/s1. The first kappa shape index (κ1) is 22.6. The summed E-state index contributed by atoms with van der Waals surface area (Å²) in [6.07, 6.45) is 2.71. The lowest BCUT2D eigenvalue weighted by Crippen LogP contribution is -2.53. The first-order chi connectivity index (χ1) is 15.6. The summed E-state index contributed by atoms with van der Waals surface area (Å²) in [7, 11) is -3.30. The van der Waals surface area contributed by atoms with Gasteiger partial charge in [0.15, 0.2) is 9.84 Å². The third-order valence-corrected chi connectivity index (χ3v) is 6.74. The predicted molar refractivity (Wildman–Crippen MR) is 126 cm³/mol. The second kappa shape index (κ2) is 8.74. The fraction of sp³-hybridized carbons (Fsp3) is 0.250. The van der Waals surface area contributed by atoms with Gasteiger partial charge in [-0.1, -0.05) is 18.2 Å². The molecule has 3 amide bonds. The summed E-state index contributed by atoms with van der Waals surface area (Å²) < 4.78 is 28.8. The van der Waals surface area contributed by atoms with Crippen molar-refractivity contribution in [3.63, 3.8) is 0 Å². The fourth-order valence-corrected chi connectivity index (χ4v) is 4.67.